The average Bonchev–Trinajstić information content (AvgIpc) is 2.90. The first-order valence-electron chi connectivity index (χ1n) is 5.01. The second-order valence-corrected chi connectivity index (χ2v) is 3.85. The third kappa shape index (κ3) is 1.72. The van der Waals surface area contributed by atoms with Gasteiger partial charge in [0.25, 0.3) is 0 Å². The maximum absolute atomic E-state index is 5.65. The van der Waals surface area contributed by atoms with Crippen LogP contribution in [0.15, 0.2) is 4.52 Å². The highest BCUT2D eigenvalue weighted by Gasteiger charge is 2.34. The Bertz CT molecular complexity index is 308. The molecule has 0 radical (unpaired) electrons. The number of hydrogen-bond acceptors (Lipinski definition) is 5. The van der Waals surface area contributed by atoms with Gasteiger partial charge in [-0.3, -0.25) is 0 Å². The van der Waals surface area contributed by atoms with E-state index in [9.17, 15) is 0 Å². The number of aryl methyl sites for hydroxylation is 1. The summed E-state index contributed by atoms with van der Waals surface area (Å²) in [6.45, 7) is 4.51. The van der Waals surface area contributed by atoms with E-state index in [1.54, 1.807) is 0 Å². The number of rotatable bonds is 4. The van der Waals surface area contributed by atoms with Crippen LogP contribution in [0.4, 0.5) is 6.01 Å². The molecule has 0 saturated heterocycles. The molecule has 78 valence electrons. The molecule has 0 amide bonds. The Morgan fingerprint density at radius 3 is 2.79 bits per heavy atom. The highest BCUT2D eigenvalue weighted by Crippen LogP contribution is 2.32. The van der Waals surface area contributed by atoms with Gasteiger partial charge in [-0.05, 0) is 26.7 Å². The minimum absolute atomic E-state index is 0.266. The molecule has 1 saturated carbocycles. The van der Waals surface area contributed by atoms with E-state index >= 15 is 0 Å². The number of aromatic nitrogens is 2. The van der Waals surface area contributed by atoms with Crippen molar-refractivity contribution in [3.63, 3.8) is 0 Å². The molecule has 1 aromatic heterocycles. The third-order valence-electron chi connectivity index (χ3n) is 2.49. The van der Waals surface area contributed by atoms with E-state index in [1.807, 2.05) is 6.92 Å². The Labute approximate surface area is 83.3 Å². The molecule has 5 heteroatoms. The summed E-state index contributed by atoms with van der Waals surface area (Å²) in [5.41, 5.74) is 5.65. The number of hydrogen-bond donors (Lipinski definition) is 1. The normalized spacial score (nSPS) is 18.2. The lowest BCUT2D eigenvalue weighted by Gasteiger charge is -2.25. The monoisotopic (exact) mass is 196 g/mol. The van der Waals surface area contributed by atoms with Crippen molar-refractivity contribution in [2.45, 2.75) is 38.8 Å². The molecule has 5 nitrogen and oxygen atoms in total. The predicted molar refractivity (Wildman–Crippen MR) is 53.1 cm³/mol. The molecular weight excluding hydrogens is 180 g/mol. The van der Waals surface area contributed by atoms with E-state index in [-0.39, 0.29) is 6.04 Å². The standard InChI is InChI=1S/C9H16N4O/c1-6(5-10)13(8-3-4-8)9-11-7(2)12-14-9/h6,8H,3-5,10H2,1-2H3. The van der Waals surface area contributed by atoms with Gasteiger partial charge in [-0.25, -0.2) is 0 Å². The predicted octanol–water partition coefficient (Wildman–Crippen LogP) is 0.694. The molecule has 14 heavy (non-hydrogen) atoms. The van der Waals surface area contributed by atoms with Crippen molar-refractivity contribution in [2.75, 3.05) is 11.4 Å². The quantitative estimate of drug-likeness (QED) is 0.767. The molecule has 2 rings (SSSR count). The van der Waals surface area contributed by atoms with Crippen LogP contribution < -0.4 is 10.6 Å². The van der Waals surface area contributed by atoms with Gasteiger partial charge >= 0.3 is 6.01 Å². The Morgan fingerprint density at radius 2 is 2.36 bits per heavy atom. The van der Waals surface area contributed by atoms with Crippen LogP contribution in [0.3, 0.4) is 0 Å². The van der Waals surface area contributed by atoms with Crippen molar-refractivity contribution in [2.24, 2.45) is 5.73 Å². The zero-order valence-corrected chi connectivity index (χ0v) is 8.60. The fourth-order valence-corrected chi connectivity index (χ4v) is 1.56. The Hall–Kier alpha value is -1.10. The second kappa shape index (κ2) is 3.57. The Morgan fingerprint density at radius 1 is 1.64 bits per heavy atom. The van der Waals surface area contributed by atoms with E-state index in [1.165, 1.54) is 12.8 Å². The SMILES string of the molecule is Cc1noc(N(C(C)CN)C2CC2)n1. The van der Waals surface area contributed by atoms with Gasteiger partial charge in [0.15, 0.2) is 5.82 Å². The van der Waals surface area contributed by atoms with Crippen LogP contribution in [0.1, 0.15) is 25.6 Å². The van der Waals surface area contributed by atoms with E-state index < -0.39 is 0 Å². The van der Waals surface area contributed by atoms with Crippen LogP contribution in [0, 0.1) is 6.92 Å². The summed E-state index contributed by atoms with van der Waals surface area (Å²) in [5, 5.41) is 3.80. The topological polar surface area (TPSA) is 68.2 Å². The van der Waals surface area contributed by atoms with Gasteiger partial charge in [0.2, 0.25) is 0 Å². The lowest BCUT2D eigenvalue weighted by atomic mass is 10.3. The minimum atomic E-state index is 0.266. The summed E-state index contributed by atoms with van der Waals surface area (Å²) in [4.78, 5) is 6.37. The van der Waals surface area contributed by atoms with Crippen molar-refractivity contribution in [3.8, 4) is 0 Å². The van der Waals surface area contributed by atoms with Gasteiger partial charge in [0, 0.05) is 18.6 Å². The molecule has 1 aliphatic carbocycles. The summed E-state index contributed by atoms with van der Waals surface area (Å²) in [6.07, 6.45) is 2.40. The molecule has 1 unspecified atom stereocenters. The molecule has 2 N–H and O–H groups in total. The third-order valence-corrected chi connectivity index (χ3v) is 2.49. The van der Waals surface area contributed by atoms with Crippen LogP contribution in [0.2, 0.25) is 0 Å². The van der Waals surface area contributed by atoms with Gasteiger partial charge in [-0.15, -0.1) is 0 Å². The molecule has 1 fully saturated rings. The summed E-state index contributed by atoms with van der Waals surface area (Å²) < 4.78 is 5.16. The fourth-order valence-electron chi connectivity index (χ4n) is 1.56. The first-order chi connectivity index (χ1) is 6.72. The number of nitrogens with two attached hydrogens (primary N) is 1. The molecule has 1 atom stereocenters. The highest BCUT2D eigenvalue weighted by atomic mass is 16.5. The fraction of sp³-hybridized carbons (Fsp3) is 0.778. The molecule has 0 aliphatic heterocycles. The smallest absolute Gasteiger partial charge is 0.324 e. The maximum atomic E-state index is 5.65. The summed E-state index contributed by atoms with van der Waals surface area (Å²) in [7, 11) is 0. The summed E-state index contributed by atoms with van der Waals surface area (Å²) in [6, 6.07) is 1.43. The lowest BCUT2D eigenvalue weighted by molar-refractivity contribution is 0.397. The zero-order valence-electron chi connectivity index (χ0n) is 8.60. The first kappa shape index (κ1) is 9.45. The van der Waals surface area contributed by atoms with Crippen LogP contribution in [0.5, 0.6) is 0 Å². The van der Waals surface area contributed by atoms with Gasteiger partial charge in [0.05, 0.1) is 0 Å². The minimum Gasteiger partial charge on any atom is -0.328 e. The largest absolute Gasteiger partial charge is 0.328 e. The lowest BCUT2D eigenvalue weighted by Crippen LogP contribution is -2.40. The van der Waals surface area contributed by atoms with Crippen molar-refractivity contribution in [1.82, 2.24) is 10.1 Å². The van der Waals surface area contributed by atoms with Gasteiger partial charge in [-0.1, -0.05) is 5.16 Å². The molecule has 0 spiro atoms. The van der Waals surface area contributed by atoms with Crippen molar-refractivity contribution < 1.29 is 4.52 Å². The van der Waals surface area contributed by atoms with Gasteiger partial charge in [-0.2, -0.15) is 4.98 Å². The van der Waals surface area contributed by atoms with Gasteiger partial charge in [0.1, 0.15) is 0 Å². The van der Waals surface area contributed by atoms with E-state index in [2.05, 4.69) is 22.0 Å². The van der Waals surface area contributed by atoms with E-state index in [4.69, 9.17) is 10.3 Å². The first-order valence-corrected chi connectivity index (χ1v) is 5.01. The number of nitrogens with zero attached hydrogens (tertiary/aromatic N) is 3. The average molecular weight is 196 g/mol. The summed E-state index contributed by atoms with van der Waals surface area (Å²) in [5.74, 6) is 0.676. The van der Waals surface area contributed by atoms with Crippen molar-refractivity contribution >= 4 is 6.01 Å². The Balaban J connectivity index is 2.17. The van der Waals surface area contributed by atoms with E-state index in [0.717, 1.165) is 0 Å². The molecule has 1 heterocycles. The van der Waals surface area contributed by atoms with Crippen LogP contribution >= 0.6 is 0 Å². The molecule has 1 aromatic rings. The van der Waals surface area contributed by atoms with E-state index in [0.29, 0.717) is 24.4 Å². The maximum Gasteiger partial charge on any atom is 0.324 e. The van der Waals surface area contributed by atoms with Crippen LogP contribution in [0.25, 0.3) is 0 Å². The highest BCUT2D eigenvalue weighted by molar-refractivity contribution is 5.32. The molecular formula is C9H16N4O. The Kier molecular flexibility index (Phi) is 2.41. The van der Waals surface area contributed by atoms with Crippen LogP contribution in [-0.4, -0.2) is 28.8 Å². The van der Waals surface area contributed by atoms with Crippen LogP contribution in [-0.2, 0) is 0 Å². The molecule has 0 bridgehead atoms. The molecule has 0 aromatic carbocycles. The second-order valence-electron chi connectivity index (χ2n) is 3.85. The summed E-state index contributed by atoms with van der Waals surface area (Å²) >= 11 is 0. The molecule has 1 aliphatic rings. The van der Waals surface area contributed by atoms with Gasteiger partial charge < -0.3 is 15.2 Å². The van der Waals surface area contributed by atoms with Crippen molar-refractivity contribution in [1.29, 1.82) is 0 Å². The van der Waals surface area contributed by atoms with Crippen molar-refractivity contribution in [3.05, 3.63) is 5.82 Å². The zero-order chi connectivity index (χ0) is 10.1. The number of anilines is 1.